The molecule has 2 nitrogen and oxygen atoms in total. The van der Waals surface area contributed by atoms with E-state index in [9.17, 15) is 4.79 Å². The fraction of sp³-hybridized carbons (Fsp3) is 0.294. The van der Waals surface area contributed by atoms with Crippen molar-refractivity contribution in [1.82, 2.24) is 4.98 Å². The first kappa shape index (κ1) is 13.5. The van der Waals surface area contributed by atoms with Gasteiger partial charge in [0, 0.05) is 12.1 Å². The normalized spacial score (nSPS) is 10.5. The Kier molecular flexibility index (Phi) is 3.79. The lowest BCUT2D eigenvalue weighted by Gasteiger charge is -2.10. The number of benzene rings is 1. The molecule has 0 saturated heterocycles. The van der Waals surface area contributed by atoms with Gasteiger partial charge in [-0.05, 0) is 56.5 Å². The first-order valence-corrected chi connectivity index (χ1v) is 6.51. The van der Waals surface area contributed by atoms with E-state index in [0.717, 1.165) is 11.3 Å². The van der Waals surface area contributed by atoms with Gasteiger partial charge in [0.25, 0.3) is 0 Å². The van der Waals surface area contributed by atoms with Crippen LogP contribution in [0.1, 0.15) is 38.4 Å². The summed E-state index contributed by atoms with van der Waals surface area (Å²) in [5.41, 5.74) is 6.15. The lowest BCUT2D eigenvalue weighted by molar-refractivity contribution is 0.0987. The third-order valence-corrected chi connectivity index (χ3v) is 3.35. The molecule has 0 N–H and O–H groups in total. The Morgan fingerprint density at radius 2 is 1.68 bits per heavy atom. The van der Waals surface area contributed by atoms with Gasteiger partial charge in [-0.1, -0.05) is 23.8 Å². The summed E-state index contributed by atoms with van der Waals surface area (Å²) in [5, 5.41) is 0. The Morgan fingerprint density at radius 3 is 2.26 bits per heavy atom. The molecule has 2 rings (SSSR count). The first-order chi connectivity index (χ1) is 8.97. The van der Waals surface area contributed by atoms with Gasteiger partial charge in [-0.2, -0.15) is 0 Å². The summed E-state index contributed by atoms with van der Waals surface area (Å²) >= 11 is 0. The highest BCUT2D eigenvalue weighted by Crippen LogP contribution is 2.18. The molecule has 19 heavy (non-hydrogen) atoms. The van der Waals surface area contributed by atoms with E-state index in [1.54, 1.807) is 6.07 Å². The van der Waals surface area contributed by atoms with Gasteiger partial charge in [0.2, 0.25) is 0 Å². The van der Waals surface area contributed by atoms with Crippen LogP contribution in [0.2, 0.25) is 0 Å². The summed E-state index contributed by atoms with van der Waals surface area (Å²) in [7, 11) is 0. The summed E-state index contributed by atoms with van der Waals surface area (Å²) < 4.78 is 0. The monoisotopic (exact) mass is 253 g/mol. The molecule has 0 aliphatic carbocycles. The van der Waals surface area contributed by atoms with Crippen LogP contribution >= 0.6 is 0 Å². The van der Waals surface area contributed by atoms with E-state index >= 15 is 0 Å². The Labute approximate surface area is 114 Å². The van der Waals surface area contributed by atoms with Crippen molar-refractivity contribution in [1.29, 1.82) is 0 Å². The van der Waals surface area contributed by atoms with Crippen molar-refractivity contribution >= 4 is 5.78 Å². The van der Waals surface area contributed by atoms with Crippen molar-refractivity contribution in [3.8, 4) is 0 Å². The number of pyridine rings is 1. The molecule has 1 aromatic heterocycles. The zero-order chi connectivity index (χ0) is 14.0. The van der Waals surface area contributed by atoms with Gasteiger partial charge in [-0.25, -0.2) is 0 Å². The molecule has 2 heteroatoms. The van der Waals surface area contributed by atoms with E-state index in [1.165, 1.54) is 16.7 Å². The van der Waals surface area contributed by atoms with Gasteiger partial charge in [0.1, 0.15) is 5.69 Å². The molecule has 0 unspecified atom stereocenters. The molecule has 0 aliphatic rings. The SMILES string of the molecule is Cc1cc(C)c(CC(=O)c2cccc(C)n2)c(C)c1. The Bertz CT molecular complexity index is 606. The number of nitrogens with zero attached hydrogens (tertiary/aromatic N) is 1. The van der Waals surface area contributed by atoms with Crippen LogP contribution in [-0.2, 0) is 6.42 Å². The van der Waals surface area contributed by atoms with E-state index in [4.69, 9.17) is 0 Å². The maximum atomic E-state index is 12.3. The topological polar surface area (TPSA) is 30.0 Å². The fourth-order valence-corrected chi connectivity index (χ4v) is 2.44. The molecule has 0 fully saturated rings. The number of aromatic nitrogens is 1. The lowest BCUT2D eigenvalue weighted by Crippen LogP contribution is -2.09. The molecule has 0 bridgehead atoms. The molecule has 0 amide bonds. The van der Waals surface area contributed by atoms with Gasteiger partial charge in [-0.3, -0.25) is 9.78 Å². The number of hydrogen-bond donors (Lipinski definition) is 0. The van der Waals surface area contributed by atoms with Gasteiger partial charge in [0.05, 0.1) is 0 Å². The summed E-state index contributed by atoms with van der Waals surface area (Å²) in [6.45, 7) is 8.10. The molecule has 98 valence electrons. The second-order valence-corrected chi connectivity index (χ2v) is 5.14. The lowest BCUT2D eigenvalue weighted by atomic mass is 9.95. The van der Waals surface area contributed by atoms with Gasteiger partial charge >= 0.3 is 0 Å². The Hall–Kier alpha value is -1.96. The Morgan fingerprint density at radius 1 is 1.05 bits per heavy atom. The molecule has 1 aromatic carbocycles. The Balaban J connectivity index is 2.29. The van der Waals surface area contributed by atoms with Crippen LogP contribution in [0.4, 0.5) is 0 Å². The van der Waals surface area contributed by atoms with Crippen molar-refractivity contribution in [2.24, 2.45) is 0 Å². The minimum absolute atomic E-state index is 0.0822. The highest BCUT2D eigenvalue weighted by atomic mass is 16.1. The van der Waals surface area contributed by atoms with Crippen molar-refractivity contribution < 1.29 is 4.79 Å². The summed E-state index contributed by atoms with van der Waals surface area (Å²) in [6, 6.07) is 9.82. The summed E-state index contributed by atoms with van der Waals surface area (Å²) in [5.74, 6) is 0.0822. The summed E-state index contributed by atoms with van der Waals surface area (Å²) in [4.78, 5) is 16.6. The van der Waals surface area contributed by atoms with Crippen LogP contribution in [0.25, 0.3) is 0 Å². The van der Waals surface area contributed by atoms with Crippen LogP contribution in [0.3, 0.4) is 0 Å². The molecule has 1 heterocycles. The average Bonchev–Trinajstić information content (AvgIpc) is 2.33. The third kappa shape index (κ3) is 3.08. The van der Waals surface area contributed by atoms with Crippen molar-refractivity contribution in [2.45, 2.75) is 34.1 Å². The third-order valence-electron chi connectivity index (χ3n) is 3.35. The number of Topliss-reactive ketones (excluding diaryl/α,β-unsaturated/α-hetero) is 1. The zero-order valence-corrected chi connectivity index (χ0v) is 11.9. The van der Waals surface area contributed by atoms with E-state index in [0.29, 0.717) is 12.1 Å². The number of aryl methyl sites for hydroxylation is 4. The minimum Gasteiger partial charge on any atom is -0.292 e. The molecule has 0 atom stereocenters. The largest absolute Gasteiger partial charge is 0.292 e. The standard InChI is InChI=1S/C17H19NO/c1-11-8-12(2)15(13(3)9-11)10-17(19)16-7-5-6-14(4)18-16/h5-9H,10H2,1-4H3. The average molecular weight is 253 g/mol. The predicted molar refractivity (Wildman–Crippen MR) is 77.7 cm³/mol. The molecular weight excluding hydrogens is 234 g/mol. The first-order valence-electron chi connectivity index (χ1n) is 6.51. The maximum absolute atomic E-state index is 12.3. The van der Waals surface area contributed by atoms with Crippen molar-refractivity contribution in [3.05, 3.63) is 64.0 Å². The number of carbonyl (C=O) groups excluding carboxylic acids is 1. The number of carbonyl (C=O) groups is 1. The van der Waals surface area contributed by atoms with Gasteiger partial charge in [0.15, 0.2) is 5.78 Å². The predicted octanol–water partition coefficient (Wildman–Crippen LogP) is 3.74. The molecule has 0 radical (unpaired) electrons. The fourth-order valence-electron chi connectivity index (χ4n) is 2.44. The minimum atomic E-state index is 0.0822. The van der Waals surface area contributed by atoms with E-state index in [2.05, 4.69) is 37.9 Å². The van der Waals surface area contributed by atoms with Crippen LogP contribution < -0.4 is 0 Å². The van der Waals surface area contributed by atoms with Crippen LogP contribution in [0.15, 0.2) is 30.3 Å². The van der Waals surface area contributed by atoms with Gasteiger partial charge < -0.3 is 0 Å². The van der Waals surface area contributed by atoms with E-state index in [1.807, 2.05) is 19.1 Å². The molecular formula is C17H19NO. The van der Waals surface area contributed by atoms with Crippen LogP contribution in [0, 0.1) is 27.7 Å². The highest BCUT2D eigenvalue weighted by molar-refractivity contribution is 5.96. The van der Waals surface area contributed by atoms with E-state index < -0.39 is 0 Å². The maximum Gasteiger partial charge on any atom is 0.185 e. The van der Waals surface area contributed by atoms with E-state index in [-0.39, 0.29) is 5.78 Å². The van der Waals surface area contributed by atoms with Gasteiger partial charge in [-0.15, -0.1) is 0 Å². The smallest absolute Gasteiger partial charge is 0.185 e. The van der Waals surface area contributed by atoms with Crippen LogP contribution in [0.5, 0.6) is 0 Å². The van der Waals surface area contributed by atoms with Crippen molar-refractivity contribution in [3.63, 3.8) is 0 Å². The molecule has 0 spiro atoms. The highest BCUT2D eigenvalue weighted by Gasteiger charge is 2.12. The molecule has 2 aromatic rings. The number of ketones is 1. The number of hydrogen-bond acceptors (Lipinski definition) is 2. The molecule has 0 saturated carbocycles. The number of rotatable bonds is 3. The van der Waals surface area contributed by atoms with Crippen molar-refractivity contribution in [2.75, 3.05) is 0 Å². The van der Waals surface area contributed by atoms with Crippen LogP contribution in [-0.4, -0.2) is 10.8 Å². The molecule has 0 aliphatic heterocycles. The zero-order valence-electron chi connectivity index (χ0n) is 11.9. The quantitative estimate of drug-likeness (QED) is 0.780. The second-order valence-electron chi connectivity index (χ2n) is 5.14. The summed E-state index contributed by atoms with van der Waals surface area (Å²) in [6.07, 6.45) is 0.425. The second kappa shape index (κ2) is 5.35.